The molecule has 0 aromatic heterocycles. The Bertz CT molecular complexity index is 754. The van der Waals surface area contributed by atoms with Crippen LogP contribution < -0.4 is 15.4 Å². The fourth-order valence-corrected chi connectivity index (χ4v) is 3.92. The Hall–Kier alpha value is -2.28. The van der Waals surface area contributed by atoms with Gasteiger partial charge in [0.25, 0.3) is 5.91 Å². The number of ether oxygens (including phenoxy) is 1. The van der Waals surface area contributed by atoms with Gasteiger partial charge >= 0.3 is 6.03 Å². The van der Waals surface area contributed by atoms with Crippen LogP contribution in [0.2, 0.25) is 5.02 Å². The van der Waals surface area contributed by atoms with E-state index < -0.39 is 17.5 Å². The topological polar surface area (TPSA) is 87.7 Å². The average molecular weight is 380 g/mol. The lowest BCUT2D eigenvalue weighted by molar-refractivity contribution is -0.136. The zero-order chi connectivity index (χ0) is 18.9. The number of imide groups is 1. The Morgan fingerprint density at radius 2 is 2.19 bits per heavy atom. The van der Waals surface area contributed by atoms with E-state index in [9.17, 15) is 14.4 Å². The molecule has 1 saturated carbocycles. The minimum Gasteiger partial charge on any atom is -0.495 e. The molecule has 1 aliphatic carbocycles. The van der Waals surface area contributed by atoms with Gasteiger partial charge in [0.05, 0.1) is 12.8 Å². The first-order valence-corrected chi connectivity index (χ1v) is 9.02. The molecule has 2 fully saturated rings. The van der Waals surface area contributed by atoms with Crippen LogP contribution in [0.25, 0.3) is 0 Å². The highest BCUT2D eigenvalue weighted by Crippen LogP contribution is 2.38. The second-order valence-electron chi connectivity index (χ2n) is 6.83. The second-order valence-corrected chi connectivity index (χ2v) is 7.27. The molecule has 1 heterocycles. The molecule has 7 nitrogen and oxygen atoms in total. The molecular formula is C18H22ClN3O4. The molecule has 4 amide bonds. The number of methoxy groups -OCH3 is 1. The van der Waals surface area contributed by atoms with Crippen LogP contribution in [-0.4, -0.2) is 41.9 Å². The highest BCUT2D eigenvalue weighted by Gasteiger charge is 2.55. The Balaban J connectivity index is 1.73. The number of halogens is 1. The first-order chi connectivity index (χ1) is 12.4. The van der Waals surface area contributed by atoms with Crippen LogP contribution in [0.3, 0.4) is 0 Å². The summed E-state index contributed by atoms with van der Waals surface area (Å²) in [7, 11) is 1.48. The molecule has 3 rings (SSSR count). The summed E-state index contributed by atoms with van der Waals surface area (Å²) < 4.78 is 5.18. The number of nitrogens with zero attached hydrogens (tertiary/aromatic N) is 1. The summed E-state index contributed by atoms with van der Waals surface area (Å²) in [6.07, 6.45) is 3.42. The molecule has 26 heavy (non-hydrogen) atoms. The number of rotatable bonds is 4. The van der Waals surface area contributed by atoms with Crippen LogP contribution in [-0.2, 0) is 9.59 Å². The zero-order valence-corrected chi connectivity index (χ0v) is 15.6. The Labute approximate surface area is 157 Å². The third-order valence-corrected chi connectivity index (χ3v) is 5.47. The largest absolute Gasteiger partial charge is 0.495 e. The van der Waals surface area contributed by atoms with Gasteiger partial charge in [0.2, 0.25) is 5.91 Å². The third kappa shape index (κ3) is 3.23. The molecule has 1 saturated heterocycles. The van der Waals surface area contributed by atoms with Crippen molar-refractivity contribution in [2.75, 3.05) is 19.0 Å². The Kier molecular flexibility index (Phi) is 5.09. The van der Waals surface area contributed by atoms with Gasteiger partial charge in [0, 0.05) is 5.02 Å². The average Bonchev–Trinajstić information content (AvgIpc) is 2.83. The fourth-order valence-electron chi connectivity index (χ4n) is 3.75. The number of urea groups is 1. The van der Waals surface area contributed by atoms with Crippen molar-refractivity contribution in [3.63, 3.8) is 0 Å². The lowest BCUT2D eigenvalue weighted by Gasteiger charge is -2.36. The molecular weight excluding hydrogens is 358 g/mol. The second kappa shape index (κ2) is 7.15. The van der Waals surface area contributed by atoms with Gasteiger partial charge in [-0.25, -0.2) is 4.79 Å². The van der Waals surface area contributed by atoms with Gasteiger partial charge in [-0.3, -0.25) is 14.5 Å². The summed E-state index contributed by atoms with van der Waals surface area (Å²) in [4.78, 5) is 38.6. The summed E-state index contributed by atoms with van der Waals surface area (Å²) in [5, 5.41) is 5.92. The highest BCUT2D eigenvalue weighted by atomic mass is 35.5. The van der Waals surface area contributed by atoms with Crippen LogP contribution in [0.5, 0.6) is 5.75 Å². The number of carbonyl (C=O) groups is 3. The van der Waals surface area contributed by atoms with Crippen molar-refractivity contribution in [1.29, 1.82) is 0 Å². The number of nitrogens with one attached hydrogen (secondary N) is 2. The maximum absolute atomic E-state index is 12.9. The molecule has 1 aromatic rings. The third-order valence-electron chi connectivity index (χ3n) is 5.24. The van der Waals surface area contributed by atoms with Crippen LogP contribution in [0.1, 0.15) is 32.6 Å². The van der Waals surface area contributed by atoms with E-state index in [4.69, 9.17) is 16.3 Å². The van der Waals surface area contributed by atoms with E-state index in [-0.39, 0.29) is 18.4 Å². The first-order valence-electron chi connectivity index (χ1n) is 8.65. The summed E-state index contributed by atoms with van der Waals surface area (Å²) in [6.45, 7) is 1.62. The maximum atomic E-state index is 12.9. The van der Waals surface area contributed by atoms with Crippen molar-refractivity contribution >= 4 is 35.1 Å². The van der Waals surface area contributed by atoms with Crippen molar-refractivity contribution in [2.24, 2.45) is 5.92 Å². The van der Waals surface area contributed by atoms with Crippen molar-refractivity contribution in [1.82, 2.24) is 10.2 Å². The monoisotopic (exact) mass is 379 g/mol. The van der Waals surface area contributed by atoms with Gasteiger partial charge in [-0.2, -0.15) is 0 Å². The molecule has 8 heteroatoms. The van der Waals surface area contributed by atoms with Gasteiger partial charge in [-0.05, 0) is 37.0 Å². The molecule has 0 radical (unpaired) electrons. The van der Waals surface area contributed by atoms with Gasteiger partial charge < -0.3 is 15.4 Å². The smallest absolute Gasteiger partial charge is 0.325 e. The van der Waals surface area contributed by atoms with E-state index in [2.05, 4.69) is 10.6 Å². The predicted octanol–water partition coefficient (Wildman–Crippen LogP) is 2.79. The summed E-state index contributed by atoms with van der Waals surface area (Å²) >= 11 is 5.95. The van der Waals surface area contributed by atoms with E-state index in [0.717, 1.165) is 24.2 Å². The lowest BCUT2D eigenvalue weighted by Crippen LogP contribution is -2.54. The molecule has 2 N–H and O–H groups in total. The summed E-state index contributed by atoms with van der Waals surface area (Å²) in [6, 6.07) is 4.30. The van der Waals surface area contributed by atoms with Crippen molar-refractivity contribution in [3.8, 4) is 5.75 Å². The van der Waals surface area contributed by atoms with Gasteiger partial charge in [0.1, 0.15) is 17.8 Å². The molecule has 140 valence electrons. The van der Waals surface area contributed by atoms with E-state index in [1.807, 2.05) is 6.92 Å². The molecule has 2 aliphatic rings. The lowest BCUT2D eigenvalue weighted by atomic mass is 9.73. The zero-order valence-electron chi connectivity index (χ0n) is 14.8. The van der Waals surface area contributed by atoms with Crippen molar-refractivity contribution < 1.29 is 19.1 Å². The first kappa shape index (κ1) is 18.5. The predicted molar refractivity (Wildman–Crippen MR) is 97.2 cm³/mol. The molecule has 0 bridgehead atoms. The number of benzene rings is 1. The number of anilines is 1. The minimum atomic E-state index is -0.872. The number of amides is 4. The van der Waals surface area contributed by atoms with Crippen molar-refractivity contribution in [3.05, 3.63) is 23.2 Å². The number of hydrogen-bond donors (Lipinski definition) is 2. The molecule has 1 aliphatic heterocycles. The number of hydrogen-bond acceptors (Lipinski definition) is 4. The van der Waals surface area contributed by atoms with Gasteiger partial charge in [-0.1, -0.05) is 31.4 Å². The number of carbonyl (C=O) groups excluding carboxylic acids is 3. The van der Waals surface area contributed by atoms with E-state index in [1.54, 1.807) is 18.2 Å². The SMILES string of the molecule is COc1ccc(Cl)cc1NC(=O)CN1C(=O)N[C@]2(CCCC[C@H]2C)C1=O. The van der Waals surface area contributed by atoms with Crippen LogP contribution in [0, 0.1) is 5.92 Å². The minimum absolute atomic E-state index is 0.0498. The van der Waals surface area contributed by atoms with Crippen molar-refractivity contribution in [2.45, 2.75) is 38.1 Å². The van der Waals surface area contributed by atoms with E-state index in [0.29, 0.717) is 22.9 Å². The quantitative estimate of drug-likeness (QED) is 0.787. The van der Waals surface area contributed by atoms with Gasteiger partial charge in [0.15, 0.2) is 0 Å². The van der Waals surface area contributed by atoms with Gasteiger partial charge in [-0.15, -0.1) is 0 Å². The molecule has 1 aromatic carbocycles. The van der Waals surface area contributed by atoms with Crippen LogP contribution in [0.15, 0.2) is 18.2 Å². The normalized spacial score (nSPS) is 25.3. The van der Waals surface area contributed by atoms with Crippen LogP contribution in [0.4, 0.5) is 10.5 Å². The molecule has 1 spiro atoms. The van der Waals surface area contributed by atoms with Crippen LogP contribution >= 0.6 is 11.6 Å². The molecule has 2 atom stereocenters. The van der Waals surface area contributed by atoms with E-state index in [1.165, 1.54) is 7.11 Å². The maximum Gasteiger partial charge on any atom is 0.325 e. The Morgan fingerprint density at radius 1 is 1.42 bits per heavy atom. The standard InChI is InChI=1S/C18H22ClN3O4/c1-11-5-3-4-8-18(11)16(24)22(17(25)21-18)10-15(23)20-13-9-12(19)6-7-14(13)26-2/h6-7,9,11H,3-5,8,10H2,1-2H3,(H,20,23)(H,21,25)/t11-,18+/m1/s1. The highest BCUT2D eigenvalue weighted by molar-refractivity contribution is 6.31. The Morgan fingerprint density at radius 3 is 2.88 bits per heavy atom. The summed E-state index contributed by atoms with van der Waals surface area (Å²) in [5.74, 6) is -0.316. The fraction of sp³-hybridized carbons (Fsp3) is 0.500. The summed E-state index contributed by atoms with van der Waals surface area (Å²) in [5.41, 5.74) is -0.485. The van der Waals surface area contributed by atoms with E-state index >= 15 is 0 Å². The molecule has 0 unspecified atom stereocenters.